The first kappa shape index (κ1) is 19.0. The minimum atomic E-state index is -0.217. The van der Waals surface area contributed by atoms with E-state index in [1.54, 1.807) is 0 Å². The van der Waals surface area contributed by atoms with E-state index in [0.29, 0.717) is 6.54 Å². The molecule has 23 heavy (non-hydrogen) atoms. The van der Waals surface area contributed by atoms with Gasteiger partial charge in [-0.3, -0.25) is 4.79 Å². The molecule has 0 aromatic heterocycles. The van der Waals surface area contributed by atoms with Gasteiger partial charge < -0.3 is 15.8 Å². The quantitative estimate of drug-likeness (QED) is 0.853. The second-order valence-corrected chi connectivity index (χ2v) is 5.38. The van der Waals surface area contributed by atoms with Crippen molar-refractivity contribution >= 4 is 18.3 Å². The first-order valence-electron chi connectivity index (χ1n) is 7.33. The van der Waals surface area contributed by atoms with Crippen LogP contribution in [0.4, 0.5) is 0 Å². The minimum absolute atomic E-state index is 0. The molecule has 0 bridgehead atoms. The molecule has 2 rings (SSSR count). The highest BCUT2D eigenvalue weighted by molar-refractivity contribution is 5.85. The van der Waals surface area contributed by atoms with E-state index in [9.17, 15) is 4.79 Å². The smallest absolute Gasteiger partial charge is 0.258 e. The van der Waals surface area contributed by atoms with E-state index in [1.165, 1.54) is 0 Å². The van der Waals surface area contributed by atoms with Crippen LogP contribution in [-0.2, 0) is 4.79 Å². The number of nitrogens with two attached hydrogens (primary N) is 1. The molecule has 1 amide bonds. The van der Waals surface area contributed by atoms with Crippen LogP contribution in [-0.4, -0.2) is 19.1 Å². The van der Waals surface area contributed by atoms with Gasteiger partial charge in [0.25, 0.3) is 5.91 Å². The van der Waals surface area contributed by atoms with Crippen molar-refractivity contribution in [1.29, 1.82) is 0 Å². The highest BCUT2D eigenvalue weighted by atomic mass is 35.5. The minimum Gasteiger partial charge on any atom is -0.483 e. The largest absolute Gasteiger partial charge is 0.483 e. The van der Waals surface area contributed by atoms with Gasteiger partial charge in [0.05, 0.1) is 0 Å². The van der Waals surface area contributed by atoms with Gasteiger partial charge in [0.2, 0.25) is 0 Å². The Hall–Kier alpha value is -2.04. The molecule has 0 saturated heterocycles. The monoisotopic (exact) mass is 334 g/mol. The van der Waals surface area contributed by atoms with Gasteiger partial charge in [0, 0.05) is 12.6 Å². The van der Waals surface area contributed by atoms with Gasteiger partial charge in [-0.25, -0.2) is 0 Å². The Bertz CT molecular complexity index is 632. The van der Waals surface area contributed by atoms with Crippen molar-refractivity contribution < 1.29 is 9.53 Å². The Kier molecular flexibility index (Phi) is 7.59. The third kappa shape index (κ3) is 5.93. The number of aryl methyl sites for hydroxylation is 2. The third-order valence-electron chi connectivity index (χ3n) is 3.45. The van der Waals surface area contributed by atoms with Crippen LogP contribution in [0.5, 0.6) is 5.75 Å². The van der Waals surface area contributed by atoms with Crippen molar-refractivity contribution in [1.82, 2.24) is 5.32 Å². The average Bonchev–Trinajstić information content (AvgIpc) is 2.54. The highest BCUT2D eigenvalue weighted by Gasteiger charge is 2.09. The van der Waals surface area contributed by atoms with E-state index in [2.05, 4.69) is 5.32 Å². The van der Waals surface area contributed by atoms with Crippen LogP contribution >= 0.6 is 12.4 Å². The van der Waals surface area contributed by atoms with E-state index < -0.39 is 0 Å². The molecule has 5 heteroatoms. The molecule has 0 saturated carbocycles. The predicted octanol–water partition coefficient (Wildman–Crippen LogP) is 2.92. The lowest BCUT2D eigenvalue weighted by Crippen LogP contribution is -2.35. The zero-order valence-electron chi connectivity index (χ0n) is 13.4. The van der Waals surface area contributed by atoms with Crippen molar-refractivity contribution in [3.63, 3.8) is 0 Å². The van der Waals surface area contributed by atoms with E-state index in [0.717, 1.165) is 22.4 Å². The summed E-state index contributed by atoms with van der Waals surface area (Å²) < 4.78 is 5.56. The van der Waals surface area contributed by atoms with Crippen molar-refractivity contribution in [3.05, 3.63) is 65.2 Å². The Morgan fingerprint density at radius 1 is 1.17 bits per heavy atom. The Balaban J connectivity index is 0.00000264. The number of carbonyl (C=O) groups is 1. The summed E-state index contributed by atoms with van der Waals surface area (Å²) in [6.07, 6.45) is 0. The van der Waals surface area contributed by atoms with Gasteiger partial charge in [-0.1, -0.05) is 42.5 Å². The fourth-order valence-electron chi connectivity index (χ4n) is 2.10. The number of rotatable bonds is 6. The summed E-state index contributed by atoms with van der Waals surface area (Å²) >= 11 is 0. The van der Waals surface area contributed by atoms with Gasteiger partial charge >= 0.3 is 0 Å². The van der Waals surface area contributed by atoms with Crippen LogP contribution in [0.25, 0.3) is 0 Å². The molecule has 4 nitrogen and oxygen atoms in total. The van der Waals surface area contributed by atoms with Crippen LogP contribution in [0.2, 0.25) is 0 Å². The summed E-state index contributed by atoms with van der Waals surface area (Å²) in [6, 6.07) is 15.4. The maximum atomic E-state index is 11.9. The lowest BCUT2D eigenvalue weighted by molar-refractivity contribution is -0.123. The predicted molar refractivity (Wildman–Crippen MR) is 95.0 cm³/mol. The molecule has 0 heterocycles. The van der Waals surface area contributed by atoms with Crippen LogP contribution in [0.1, 0.15) is 22.7 Å². The number of amides is 1. The maximum absolute atomic E-state index is 11.9. The third-order valence-corrected chi connectivity index (χ3v) is 3.45. The van der Waals surface area contributed by atoms with Gasteiger partial charge in [0.1, 0.15) is 5.75 Å². The number of benzene rings is 2. The fourth-order valence-corrected chi connectivity index (χ4v) is 2.10. The first-order valence-corrected chi connectivity index (χ1v) is 7.33. The van der Waals surface area contributed by atoms with E-state index in [4.69, 9.17) is 10.5 Å². The van der Waals surface area contributed by atoms with E-state index >= 15 is 0 Å². The molecule has 1 unspecified atom stereocenters. The van der Waals surface area contributed by atoms with Crippen LogP contribution in [0.15, 0.2) is 48.5 Å². The van der Waals surface area contributed by atoms with Crippen molar-refractivity contribution in [2.24, 2.45) is 5.73 Å². The molecular weight excluding hydrogens is 312 g/mol. The van der Waals surface area contributed by atoms with E-state index in [-0.39, 0.29) is 31.0 Å². The number of hydrogen-bond donors (Lipinski definition) is 2. The lowest BCUT2D eigenvalue weighted by Gasteiger charge is -2.14. The zero-order valence-corrected chi connectivity index (χ0v) is 14.2. The maximum Gasteiger partial charge on any atom is 0.258 e. The normalized spacial score (nSPS) is 11.3. The highest BCUT2D eigenvalue weighted by Crippen LogP contribution is 2.18. The Morgan fingerprint density at radius 2 is 1.87 bits per heavy atom. The Morgan fingerprint density at radius 3 is 2.57 bits per heavy atom. The SMILES string of the molecule is Cc1ccc(C)c(OCC(=O)NCC(N)c2ccccc2)c1.Cl. The first-order chi connectivity index (χ1) is 10.6. The van der Waals surface area contributed by atoms with E-state index in [1.807, 2.05) is 62.4 Å². The van der Waals surface area contributed by atoms with Crippen LogP contribution in [0.3, 0.4) is 0 Å². The number of hydrogen-bond acceptors (Lipinski definition) is 3. The van der Waals surface area contributed by atoms with Gasteiger partial charge in [-0.2, -0.15) is 0 Å². The summed E-state index contributed by atoms with van der Waals surface area (Å²) in [7, 11) is 0. The summed E-state index contributed by atoms with van der Waals surface area (Å²) in [5.74, 6) is 0.565. The number of halogens is 1. The molecule has 0 aliphatic carbocycles. The second kappa shape index (κ2) is 9.18. The summed E-state index contributed by atoms with van der Waals surface area (Å²) in [5, 5.41) is 2.80. The summed E-state index contributed by atoms with van der Waals surface area (Å²) in [5.41, 5.74) is 9.15. The van der Waals surface area contributed by atoms with Crippen molar-refractivity contribution in [2.75, 3.05) is 13.2 Å². The molecule has 0 fully saturated rings. The van der Waals surface area contributed by atoms with Gasteiger partial charge in [-0.15, -0.1) is 12.4 Å². The van der Waals surface area contributed by atoms with Crippen LogP contribution < -0.4 is 15.8 Å². The van der Waals surface area contributed by atoms with Crippen LogP contribution in [0, 0.1) is 13.8 Å². The molecule has 2 aromatic rings. The summed E-state index contributed by atoms with van der Waals surface area (Å²) in [4.78, 5) is 11.9. The molecule has 2 aromatic carbocycles. The molecule has 124 valence electrons. The molecule has 3 N–H and O–H groups in total. The molecule has 0 aliphatic heterocycles. The molecule has 0 spiro atoms. The molecule has 1 atom stereocenters. The lowest BCUT2D eigenvalue weighted by atomic mass is 10.1. The topological polar surface area (TPSA) is 64.3 Å². The standard InChI is InChI=1S/C18H22N2O2.ClH/c1-13-8-9-14(2)17(10-13)22-12-18(21)20-11-16(19)15-6-4-3-5-7-15;/h3-10,16H,11-12,19H2,1-2H3,(H,20,21);1H. The zero-order chi connectivity index (χ0) is 15.9. The number of nitrogens with one attached hydrogen (secondary N) is 1. The van der Waals surface area contributed by atoms with Gasteiger partial charge in [0.15, 0.2) is 6.61 Å². The van der Waals surface area contributed by atoms with Crippen molar-refractivity contribution in [3.8, 4) is 5.75 Å². The number of ether oxygens (including phenoxy) is 1. The Labute approximate surface area is 143 Å². The number of carbonyl (C=O) groups excluding carboxylic acids is 1. The summed E-state index contributed by atoms with van der Waals surface area (Å²) in [6.45, 7) is 4.33. The molecule has 0 radical (unpaired) electrons. The average molecular weight is 335 g/mol. The van der Waals surface area contributed by atoms with Crippen molar-refractivity contribution in [2.45, 2.75) is 19.9 Å². The fraction of sp³-hybridized carbons (Fsp3) is 0.278. The molecule has 0 aliphatic rings. The molecular formula is C18H23ClN2O2. The van der Waals surface area contributed by atoms with Gasteiger partial charge in [-0.05, 0) is 36.6 Å². The second-order valence-electron chi connectivity index (χ2n) is 5.38.